The summed E-state index contributed by atoms with van der Waals surface area (Å²) in [6.07, 6.45) is 3.40. The predicted molar refractivity (Wildman–Crippen MR) is 52.8 cm³/mol. The number of rotatable bonds is 5. The Morgan fingerprint density at radius 3 is 3.15 bits per heavy atom. The molecule has 0 atom stereocenters. The molecule has 1 aromatic rings. The van der Waals surface area contributed by atoms with Crippen molar-refractivity contribution in [3.63, 3.8) is 0 Å². The third-order valence-electron chi connectivity index (χ3n) is 1.50. The highest BCUT2D eigenvalue weighted by Crippen LogP contribution is 2.06. The predicted octanol–water partition coefficient (Wildman–Crippen LogP) is 1.24. The lowest BCUT2D eigenvalue weighted by molar-refractivity contribution is 0.348. The molecule has 0 radical (unpaired) electrons. The minimum atomic E-state index is 0.534. The van der Waals surface area contributed by atoms with Crippen molar-refractivity contribution in [2.45, 2.75) is 0 Å². The highest BCUT2D eigenvalue weighted by atomic mass is 16.5. The van der Waals surface area contributed by atoms with E-state index in [4.69, 9.17) is 4.74 Å². The summed E-state index contributed by atoms with van der Waals surface area (Å²) in [5, 5.41) is 3.01. The van der Waals surface area contributed by atoms with Crippen molar-refractivity contribution >= 4 is 0 Å². The van der Waals surface area contributed by atoms with Crippen molar-refractivity contribution < 1.29 is 4.74 Å². The third-order valence-corrected chi connectivity index (χ3v) is 1.50. The molecule has 0 aliphatic rings. The molecule has 0 aromatic carbocycles. The Kier molecular flexibility index (Phi) is 3.99. The normalized spacial score (nSPS) is 9.62. The number of nitrogens with one attached hydrogen (secondary N) is 1. The quantitative estimate of drug-likeness (QED) is 0.689. The molecule has 1 N–H and O–H groups in total. The maximum Gasteiger partial charge on any atom is 0.138 e. The second-order valence-corrected chi connectivity index (χ2v) is 2.76. The van der Waals surface area contributed by atoms with Crippen LogP contribution in [0.3, 0.4) is 0 Å². The van der Waals surface area contributed by atoms with E-state index in [9.17, 15) is 0 Å². The Balaban J connectivity index is 2.31. The molecule has 3 heteroatoms. The van der Waals surface area contributed by atoms with Crippen molar-refractivity contribution in [3.05, 3.63) is 36.7 Å². The van der Waals surface area contributed by atoms with E-state index in [0.717, 1.165) is 17.9 Å². The molecule has 13 heavy (non-hydrogen) atoms. The van der Waals surface area contributed by atoms with E-state index in [1.165, 1.54) is 0 Å². The van der Waals surface area contributed by atoms with Gasteiger partial charge < -0.3 is 10.1 Å². The van der Waals surface area contributed by atoms with Crippen LogP contribution >= 0.6 is 0 Å². The molecule has 0 amide bonds. The van der Waals surface area contributed by atoms with Gasteiger partial charge in [0.05, 0.1) is 6.20 Å². The molecule has 0 unspecified atom stereocenters. The summed E-state index contributed by atoms with van der Waals surface area (Å²) < 4.78 is 5.42. The van der Waals surface area contributed by atoms with Gasteiger partial charge in [-0.2, -0.15) is 0 Å². The Hall–Kier alpha value is -1.35. The number of hydrogen-bond donors (Lipinski definition) is 1. The van der Waals surface area contributed by atoms with Crippen LogP contribution in [0.2, 0.25) is 0 Å². The van der Waals surface area contributed by atoms with Crippen LogP contribution in [0.4, 0.5) is 0 Å². The topological polar surface area (TPSA) is 34.1 Å². The van der Waals surface area contributed by atoms with E-state index in [1.807, 2.05) is 19.2 Å². The fourth-order valence-corrected chi connectivity index (χ4v) is 0.919. The summed E-state index contributed by atoms with van der Waals surface area (Å²) in [7, 11) is 1.88. The molecule has 1 rings (SSSR count). The molecule has 1 aromatic heterocycles. The van der Waals surface area contributed by atoms with E-state index in [0.29, 0.717) is 6.61 Å². The fourth-order valence-electron chi connectivity index (χ4n) is 0.919. The van der Waals surface area contributed by atoms with E-state index in [-0.39, 0.29) is 0 Å². The maximum absolute atomic E-state index is 5.42. The van der Waals surface area contributed by atoms with Crippen LogP contribution in [0.25, 0.3) is 0 Å². The maximum atomic E-state index is 5.42. The average molecular weight is 178 g/mol. The standard InChI is InChI=1S/C10H14N2O/c1-9(6-11-2)8-13-10-4-3-5-12-7-10/h3-5,7,11H,1,6,8H2,2H3. The van der Waals surface area contributed by atoms with Gasteiger partial charge in [-0.1, -0.05) is 6.58 Å². The molecule has 0 saturated heterocycles. The minimum absolute atomic E-state index is 0.534. The van der Waals surface area contributed by atoms with Crippen molar-refractivity contribution in [3.8, 4) is 5.75 Å². The smallest absolute Gasteiger partial charge is 0.138 e. The van der Waals surface area contributed by atoms with Gasteiger partial charge in [0.2, 0.25) is 0 Å². The number of likely N-dealkylation sites (N-methyl/N-ethyl adjacent to an activating group) is 1. The molecule has 0 spiro atoms. The molecule has 3 nitrogen and oxygen atoms in total. The second kappa shape index (κ2) is 5.32. The number of pyridine rings is 1. The number of ether oxygens (including phenoxy) is 1. The largest absolute Gasteiger partial charge is 0.488 e. The molecule has 0 aliphatic carbocycles. The van der Waals surface area contributed by atoms with Gasteiger partial charge in [0.25, 0.3) is 0 Å². The third kappa shape index (κ3) is 3.71. The van der Waals surface area contributed by atoms with Crippen LogP contribution in [0, 0.1) is 0 Å². The first kappa shape index (κ1) is 9.74. The summed E-state index contributed by atoms with van der Waals surface area (Å²) in [5.41, 5.74) is 1.02. The van der Waals surface area contributed by atoms with Crippen molar-refractivity contribution in [1.29, 1.82) is 0 Å². The molecule has 0 saturated carbocycles. The monoisotopic (exact) mass is 178 g/mol. The first-order chi connectivity index (χ1) is 6.33. The number of nitrogens with zero attached hydrogens (tertiary/aromatic N) is 1. The summed E-state index contributed by atoms with van der Waals surface area (Å²) in [4.78, 5) is 3.94. The Morgan fingerprint density at radius 2 is 2.54 bits per heavy atom. The minimum Gasteiger partial charge on any atom is -0.488 e. The van der Waals surface area contributed by atoms with Crippen molar-refractivity contribution in [2.75, 3.05) is 20.2 Å². The molecule has 70 valence electrons. The highest BCUT2D eigenvalue weighted by molar-refractivity contribution is 5.16. The van der Waals surface area contributed by atoms with E-state index in [2.05, 4.69) is 16.9 Å². The zero-order chi connectivity index (χ0) is 9.52. The second-order valence-electron chi connectivity index (χ2n) is 2.76. The van der Waals surface area contributed by atoms with Gasteiger partial charge in [0.1, 0.15) is 12.4 Å². The lowest BCUT2D eigenvalue weighted by Crippen LogP contribution is -2.14. The van der Waals surface area contributed by atoms with Gasteiger partial charge in [-0.25, -0.2) is 0 Å². The zero-order valence-corrected chi connectivity index (χ0v) is 7.79. The van der Waals surface area contributed by atoms with Gasteiger partial charge in [0.15, 0.2) is 0 Å². The van der Waals surface area contributed by atoms with Crippen LogP contribution in [0.15, 0.2) is 36.7 Å². The SMILES string of the molecule is C=C(CNC)COc1cccnc1. The van der Waals surface area contributed by atoms with Crippen LogP contribution in [0.5, 0.6) is 5.75 Å². The molecular formula is C10H14N2O. The van der Waals surface area contributed by atoms with Crippen LogP contribution < -0.4 is 10.1 Å². The van der Waals surface area contributed by atoms with Gasteiger partial charge in [0, 0.05) is 12.7 Å². The van der Waals surface area contributed by atoms with Gasteiger partial charge in [-0.15, -0.1) is 0 Å². The van der Waals surface area contributed by atoms with Gasteiger partial charge in [-0.3, -0.25) is 4.98 Å². The molecule has 0 bridgehead atoms. The fraction of sp³-hybridized carbons (Fsp3) is 0.300. The first-order valence-corrected chi connectivity index (χ1v) is 4.17. The zero-order valence-electron chi connectivity index (χ0n) is 7.79. The molecule has 1 heterocycles. The van der Waals surface area contributed by atoms with E-state index in [1.54, 1.807) is 12.4 Å². The summed E-state index contributed by atoms with van der Waals surface area (Å²) in [6.45, 7) is 5.16. The van der Waals surface area contributed by atoms with Crippen molar-refractivity contribution in [2.24, 2.45) is 0 Å². The molecular weight excluding hydrogens is 164 g/mol. The summed E-state index contributed by atoms with van der Waals surface area (Å²) in [6, 6.07) is 3.72. The number of hydrogen-bond acceptors (Lipinski definition) is 3. The molecule has 0 fully saturated rings. The van der Waals surface area contributed by atoms with Crippen molar-refractivity contribution in [1.82, 2.24) is 10.3 Å². The lowest BCUT2D eigenvalue weighted by Gasteiger charge is -2.07. The Morgan fingerprint density at radius 1 is 1.69 bits per heavy atom. The van der Waals surface area contributed by atoms with Crippen LogP contribution in [-0.2, 0) is 0 Å². The van der Waals surface area contributed by atoms with Gasteiger partial charge >= 0.3 is 0 Å². The Labute approximate surface area is 78.4 Å². The molecule has 0 aliphatic heterocycles. The van der Waals surface area contributed by atoms with Crippen LogP contribution in [0.1, 0.15) is 0 Å². The van der Waals surface area contributed by atoms with E-state index >= 15 is 0 Å². The highest BCUT2D eigenvalue weighted by Gasteiger charge is 1.94. The number of aromatic nitrogens is 1. The van der Waals surface area contributed by atoms with Gasteiger partial charge in [-0.05, 0) is 24.8 Å². The lowest BCUT2D eigenvalue weighted by atomic mass is 10.3. The summed E-state index contributed by atoms with van der Waals surface area (Å²) in [5.74, 6) is 0.778. The van der Waals surface area contributed by atoms with E-state index < -0.39 is 0 Å². The van der Waals surface area contributed by atoms with Crippen LogP contribution in [-0.4, -0.2) is 25.2 Å². The summed E-state index contributed by atoms with van der Waals surface area (Å²) >= 11 is 0. The average Bonchev–Trinajstić information content (AvgIpc) is 2.17. The Bertz CT molecular complexity index is 259. The first-order valence-electron chi connectivity index (χ1n) is 4.17.